The first-order chi connectivity index (χ1) is 15.2. The van der Waals surface area contributed by atoms with Gasteiger partial charge in [-0.15, -0.1) is 22.7 Å². The molecule has 2 N–H and O–H groups in total. The summed E-state index contributed by atoms with van der Waals surface area (Å²) in [6, 6.07) is 21.1. The molecule has 154 valence electrons. The average Bonchev–Trinajstić information content (AvgIpc) is 3.48. The van der Waals surface area contributed by atoms with Crippen LogP contribution >= 0.6 is 22.7 Å². The summed E-state index contributed by atoms with van der Waals surface area (Å²) >= 11 is 3.35. The molecule has 6 heteroatoms. The number of nitrogens with two attached hydrogens (primary N) is 1. The second-order valence-corrected chi connectivity index (χ2v) is 9.57. The van der Waals surface area contributed by atoms with Crippen molar-refractivity contribution in [2.45, 2.75) is 12.5 Å². The highest BCUT2D eigenvalue weighted by Crippen LogP contribution is 2.45. The Kier molecular flexibility index (Phi) is 5.47. The summed E-state index contributed by atoms with van der Waals surface area (Å²) in [4.78, 5) is 4.70. The Labute approximate surface area is 189 Å². The van der Waals surface area contributed by atoms with Crippen molar-refractivity contribution in [2.75, 3.05) is 13.1 Å². The zero-order valence-corrected chi connectivity index (χ0v) is 18.5. The van der Waals surface area contributed by atoms with Crippen LogP contribution in [-0.4, -0.2) is 18.0 Å². The maximum absolute atomic E-state index is 9.88. The third kappa shape index (κ3) is 3.96. The molecular formula is C25H21N3OS2. The van der Waals surface area contributed by atoms with Crippen LogP contribution in [0.25, 0.3) is 6.08 Å². The lowest BCUT2D eigenvalue weighted by Crippen LogP contribution is -2.37. The number of thiophene rings is 2. The van der Waals surface area contributed by atoms with Gasteiger partial charge in [0.1, 0.15) is 17.4 Å². The number of hydrogen-bond donors (Lipinski definition) is 1. The largest absolute Gasteiger partial charge is 0.440 e. The number of hydrogen-bond acceptors (Lipinski definition) is 6. The van der Waals surface area contributed by atoms with Crippen molar-refractivity contribution in [1.82, 2.24) is 4.90 Å². The molecule has 0 bridgehead atoms. The van der Waals surface area contributed by atoms with E-state index in [0.29, 0.717) is 5.57 Å². The zero-order valence-electron chi connectivity index (χ0n) is 16.8. The Morgan fingerprint density at radius 1 is 1.06 bits per heavy atom. The van der Waals surface area contributed by atoms with Gasteiger partial charge in [-0.25, -0.2) is 0 Å². The Morgan fingerprint density at radius 3 is 2.58 bits per heavy atom. The maximum atomic E-state index is 9.88. The molecule has 1 aromatic carbocycles. The smallest absolute Gasteiger partial charge is 0.205 e. The van der Waals surface area contributed by atoms with Gasteiger partial charge in [0.2, 0.25) is 5.88 Å². The molecule has 0 fully saturated rings. The second-order valence-electron chi connectivity index (χ2n) is 7.61. The van der Waals surface area contributed by atoms with Crippen molar-refractivity contribution in [3.05, 3.63) is 109 Å². The third-order valence-corrected chi connectivity index (χ3v) is 7.30. The molecule has 0 spiro atoms. The maximum Gasteiger partial charge on any atom is 0.205 e. The molecule has 0 amide bonds. The van der Waals surface area contributed by atoms with Gasteiger partial charge in [0.05, 0.1) is 5.92 Å². The molecule has 0 unspecified atom stereocenters. The topological polar surface area (TPSA) is 62.3 Å². The van der Waals surface area contributed by atoms with E-state index in [0.717, 1.165) is 41.4 Å². The second kappa shape index (κ2) is 8.56. The van der Waals surface area contributed by atoms with E-state index < -0.39 is 0 Å². The van der Waals surface area contributed by atoms with Crippen LogP contribution in [0.3, 0.4) is 0 Å². The van der Waals surface area contributed by atoms with Crippen LogP contribution < -0.4 is 5.73 Å². The predicted molar refractivity (Wildman–Crippen MR) is 126 cm³/mol. The van der Waals surface area contributed by atoms with Crippen molar-refractivity contribution < 1.29 is 4.74 Å². The fourth-order valence-corrected chi connectivity index (χ4v) is 5.77. The van der Waals surface area contributed by atoms with Gasteiger partial charge in [0.25, 0.3) is 0 Å². The molecule has 5 rings (SSSR count). The van der Waals surface area contributed by atoms with Gasteiger partial charge >= 0.3 is 0 Å². The van der Waals surface area contributed by atoms with E-state index >= 15 is 0 Å². The predicted octanol–water partition coefficient (Wildman–Crippen LogP) is 5.47. The third-order valence-electron chi connectivity index (χ3n) is 5.54. The lowest BCUT2D eigenvalue weighted by molar-refractivity contribution is 0.230. The molecule has 4 nitrogen and oxygen atoms in total. The standard InChI is InChI=1S/C25H21N3OS2/c26-13-20-23(22-9-5-11-31-22)21-16-28(14-17-6-2-1-3-7-17)15-18(24(21)29-25(20)27)12-19-8-4-10-30-19/h1-12,23H,14-16,27H2/b18-12+/t23-/m0/s1. The van der Waals surface area contributed by atoms with E-state index in [4.69, 9.17) is 10.5 Å². The molecule has 31 heavy (non-hydrogen) atoms. The number of nitriles is 1. The van der Waals surface area contributed by atoms with Crippen LogP contribution in [0.5, 0.6) is 0 Å². The van der Waals surface area contributed by atoms with Crippen molar-refractivity contribution >= 4 is 28.7 Å². The van der Waals surface area contributed by atoms with Crippen molar-refractivity contribution in [3.8, 4) is 6.07 Å². The van der Waals surface area contributed by atoms with Gasteiger partial charge in [-0.1, -0.05) is 42.5 Å². The first kappa shape index (κ1) is 19.8. The van der Waals surface area contributed by atoms with Crippen molar-refractivity contribution in [2.24, 2.45) is 5.73 Å². The van der Waals surface area contributed by atoms with Gasteiger partial charge in [-0.05, 0) is 34.5 Å². The molecule has 0 radical (unpaired) electrons. The number of rotatable bonds is 4. The van der Waals surface area contributed by atoms with Crippen LogP contribution in [-0.2, 0) is 11.3 Å². The normalized spacial score (nSPS) is 20.5. The molecule has 0 aliphatic carbocycles. The van der Waals surface area contributed by atoms with Crippen LogP contribution in [0.2, 0.25) is 0 Å². The Bertz CT molecular complexity index is 1200. The fourth-order valence-electron chi connectivity index (χ4n) is 4.22. The molecule has 2 aromatic heterocycles. The van der Waals surface area contributed by atoms with E-state index in [9.17, 15) is 5.26 Å². The highest BCUT2D eigenvalue weighted by atomic mass is 32.1. The van der Waals surface area contributed by atoms with E-state index in [1.807, 2.05) is 17.5 Å². The van der Waals surface area contributed by atoms with Gasteiger partial charge in [-0.2, -0.15) is 5.26 Å². The van der Waals surface area contributed by atoms with Crippen molar-refractivity contribution in [1.29, 1.82) is 5.26 Å². The molecule has 1 atom stereocenters. The van der Waals surface area contributed by atoms with Crippen LogP contribution in [0.1, 0.15) is 21.2 Å². The monoisotopic (exact) mass is 443 g/mol. The van der Waals surface area contributed by atoms with E-state index in [2.05, 4.69) is 64.9 Å². The minimum atomic E-state index is -0.168. The minimum Gasteiger partial charge on any atom is -0.440 e. The number of benzene rings is 1. The summed E-state index contributed by atoms with van der Waals surface area (Å²) in [5.41, 5.74) is 10.2. The van der Waals surface area contributed by atoms with Crippen LogP contribution in [0, 0.1) is 11.3 Å². The van der Waals surface area contributed by atoms with E-state index in [1.165, 1.54) is 10.4 Å². The zero-order chi connectivity index (χ0) is 21.2. The number of allylic oxidation sites excluding steroid dienone is 1. The summed E-state index contributed by atoms with van der Waals surface area (Å²) in [6.45, 7) is 2.32. The molecule has 3 aromatic rings. The summed E-state index contributed by atoms with van der Waals surface area (Å²) in [5, 5.41) is 14.0. The van der Waals surface area contributed by atoms with Crippen molar-refractivity contribution in [3.63, 3.8) is 0 Å². The Morgan fingerprint density at radius 2 is 1.87 bits per heavy atom. The van der Waals surface area contributed by atoms with Gasteiger partial charge in [-0.3, -0.25) is 4.90 Å². The summed E-state index contributed by atoms with van der Waals surface area (Å²) in [6.07, 6.45) is 2.19. The Hall–Kier alpha value is -3.11. The number of nitrogens with zero attached hydrogens (tertiary/aromatic N) is 2. The van der Waals surface area contributed by atoms with Crippen LogP contribution in [0.15, 0.2) is 93.7 Å². The molecule has 0 saturated carbocycles. The molecule has 4 heterocycles. The van der Waals surface area contributed by atoms with Gasteiger partial charge in [0, 0.05) is 40.5 Å². The Balaban J connectivity index is 1.60. The molecule has 2 aliphatic rings. The summed E-state index contributed by atoms with van der Waals surface area (Å²) in [7, 11) is 0. The first-order valence-electron chi connectivity index (χ1n) is 10.1. The summed E-state index contributed by atoms with van der Waals surface area (Å²) in [5.74, 6) is 0.875. The first-order valence-corrected chi connectivity index (χ1v) is 11.8. The van der Waals surface area contributed by atoms with Crippen LogP contribution in [0.4, 0.5) is 0 Å². The fraction of sp³-hybridized carbons (Fsp3) is 0.160. The lowest BCUT2D eigenvalue weighted by atomic mass is 9.83. The average molecular weight is 444 g/mol. The van der Waals surface area contributed by atoms with E-state index in [1.54, 1.807) is 22.7 Å². The van der Waals surface area contributed by atoms with Gasteiger partial charge < -0.3 is 10.5 Å². The quantitative estimate of drug-likeness (QED) is 0.581. The minimum absolute atomic E-state index is 0.168. The van der Waals surface area contributed by atoms with E-state index in [-0.39, 0.29) is 11.8 Å². The number of ether oxygens (including phenoxy) is 1. The molecule has 2 aliphatic heterocycles. The highest BCUT2D eigenvalue weighted by Gasteiger charge is 2.38. The SMILES string of the molecule is N#CC1=C(N)OC2=C(CN(Cc3ccccc3)C/C2=C\c2cccs2)[C@H]1c1cccs1. The molecular weight excluding hydrogens is 422 g/mol. The van der Waals surface area contributed by atoms with Gasteiger partial charge in [0.15, 0.2) is 0 Å². The lowest BCUT2D eigenvalue weighted by Gasteiger charge is -2.38. The molecule has 0 saturated heterocycles. The summed E-state index contributed by atoms with van der Waals surface area (Å²) < 4.78 is 6.11. The highest BCUT2D eigenvalue weighted by molar-refractivity contribution is 7.10.